The lowest BCUT2D eigenvalue weighted by atomic mass is 10.0. The Balaban J connectivity index is 1.42. The van der Waals surface area contributed by atoms with Crippen molar-refractivity contribution in [3.63, 3.8) is 0 Å². The van der Waals surface area contributed by atoms with Gasteiger partial charge in [0.05, 0.1) is 6.61 Å². The molecule has 0 spiro atoms. The minimum Gasteiger partial charge on any atom is -0.493 e. The van der Waals surface area contributed by atoms with Crippen LogP contribution >= 0.6 is 0 Å². The van der Waals surface area contributed by atoms with Gasteiger partial charge in [-0.05, 0) is 56.5 Å². The van der Waals surface area contributed by atoms with Gasteiger partial charge in [-0.2, -0.15) is 0 Å². The fourth-order valence-electron chi connectivity index (χ4n) is 3.40. The van der Waals surface area contributed by atoms with E-state index in [-0.39, 0.29) is 5.91 Å². The minimum absolute atomic E-state index is 0.0291. The van der Waals surface area contributed by atoms with Gasteiger partial charge < -0.3 is 15.0 Å². The third-order valence-electron chi connectivity index (χ3n) is 4.80. The van der Waals surface area contributed by atoms with Crippen LogP contribution in [0.1, 0.15) is 48.5 Å². The first kappa shape index (κ1) is 15.3. The summed E-state index contributed by atoms with van der Waals surface area (Å²) in [6, 6.07) is 6.42. The van der Waals surface area contributed by atoms with E-state index in [9.17, 15) is 4.79 Å². The maximum atomic E-state index is 12.2. The number of nitrogens with one attached hydrogen (secondary N) is 1. The normalized spacial score (nSPS) is 21.2. The molecule has 1 aromatic rings. The summed E-state index contributed by atoms with van der Waals surface area (Å²) in [6.07, 6.45) is 5.90. The van der Waals surface area contributed by atoms with E-state index in [1.807, 2.05) is 18.2 Å². The molecule has 1 atom stereocenters. The fraction of sp³-hybridized carbons (Fsp3) is 0.611. The lowest BCUT2D eigenvalue weighted by molar-refractivity contribution is 0.0949. The molecule has 0 unspecified atom stereocenters. The number of carbonyl (C=O) groups is 1. The Bertz CT molecular complexity index is 530. The van der Waals surface area contributed by atoms with Crippen LogP contribution in [0.2, 0.25) is 0 Å². The van der Waals surface area contributed by atoms with Crippen LogP contribution in [0, 0.1) is 0 Å². The van der Waals surface area contributed by atoms with Crippen molar-refractivity contribution in [2.75, 3.05) is 26.2 Å². The molecule has 2 aliphatic rings. The number of ether oxygens (including phenoxy) is 1. The van der Waals surface area contributed by atoms with E-state index in [1.54, 1.807) is 0 Å². The van der Waals surface area contributed by atoms with Gasteiger partial charge in [-0.3, -0.25) is 4.79 Å². The molecular weight excluding hydrogens is 276 g/mol. The molecule has 0 aliphatic carbocycles. The highest BCUT2D eigenvalue weighted by atomic mass is 16.5. The summed E-state index contributed by atoms with van der Waals surface area (Å²) in [7, 11) is 0. The van der Waals surface area contributed by atoms with Crippen molar-refractivity contribution >= 4 is 5.91 Å². The summed E-state index contributed by atoms with van der Waals surface area (Å²) >= 11 is 0. The molecule has 1 N–H and O–H groups in total. The second-order valence-corrected chi connectivity index (χ2v) is 6.41. The predicted octanol–water partition coefficient (Wildman–Crippen LogP) is 2.62. The predicted molar refractivity (Wildman–Crippen MR) is 87.5 cm³/mol. The fourth-order valence-corrected chi connectivity index (χ4v) is 3.40. The maximum absolute atomic E-state index is 12.2. The zero-order chi connectivity index (χ0) is 15.4. The molecule has 3 rings (SSSR count). The van der Waals surface area contributed by atoms with Crippen LogP contribution in [0.15, 0.2) is 18.2 Å². The molecule has 0 radical (unpaired) electrons. The highest BCUT2D eigenvalue weighted by molar-refractivity contribution is 5.94. The van der Waals surface area contributed by atoms with E-state index in [0.29, 0.717) is 6.04 Å². The van der Waals surface area contributed by atoms with Gasteiger partial charge in [-0.1, -0.05) is 6.42 Å². The Morgan fingerprint density at radius 3 is 3.18 bits per heavy atom. The number of likely N-dealkylation sites (tertiary alicyclic amines) is 1. The van der Waals surface area contributed by atoms with Crippen LogP contribution in [0.3, 0.4) is 0 Å². The van der Waals surface area contributed by atoms with Crippen LogP contribution in [0.25, 0.3) is 0 Å². The Kier molecular flexibility index (Phi) is 4.98. The smallest absolute Gasteiger partial charge is 0.251 e. The number of hydrogen-bond acceptors (Lipinski definition) is 3. The SMILES string of the molecule is C[C@H]1CCCCN1CCCNC(=O)c1ccc2c(c1)CCO2. The number of benzene rings is 1. The molecular formula is C18H26N2O2. The number of rotatable bonds is 5. The third-order valence-corrected chi connectivity index (χ3v) is 4.80. The highest BCUT2D eigenvalue weighted by Gasteiger charge is 2.18. The average molecular weight is 302 g/mol. The van der Waals surface area contributed by atoms with Crippen LogP contribution in [0.4, 0.5) is 0 Å². The number of fused-ring (bicyclic) bond motifs is 1. The van der Waals surface area contributed by atoms with E-state index in [1.165, 1.54) is 25.8 Å². The van der Waals surface area contributed by atoms with Gasteiger partial charge in [-0.25, -0.2) is 0 Å². The van der Waals surface area contributed by atoms with Crippen LogP contribution < -0.4 is 10.1 Å². The largest absolute Gasteiger partial charge is 0.493 e. The summed E-state index contributed by atoms with van der Waals surface area (Å²) in [6.45, 7) is 6.08. The average Bonchev–Trinajstić information content (AvgIpc) is 3.00. The molecule has 0 saturated carbocycles. The van der Waals surface area contributed by atoms with Gasteiger partial charge in [0.1, 0.15) is 5.75 Å². The van der Waals surface area contributed by atoms with Crippen molar-refractivity contribution in [2.45, 2.75) is 45.1 Å². The summed E-state index contributed by atoms with van der Waals surface area (Å²) < 4.78 is 5.47. The Labute approximate surface area is 132 Å². The molecule has 4 heteroatoms. The first-order valence-electron chi connectivity index (χ1n) is 8.52. The highest BCUT2D eigenvalue weighted by Crippen LogP contribution is 2.25. The molecule has 120 valence electrons. The van der Waals surface area contributed by atoms with Crippen molar-refractivity contribution in [2.24, 2.45) is 0 Å². The monoisotopic (exact) mass is 302 g/mol. The molecule has 1 amide bonds. The topological polar surface area (TPSA) is 41.6 Å². The van der Waals surface area contributed by atoms with Crippen molar-refractivity contribution in [3.8, 4) is 5.75 Å². The number of hydrogen-bond donors (Lipinski definition) is 1. The van der Waals surface area contributed by atoms with Gasteiger partial charge in [0.25, 0.3) is 5.91 Å². The Morgan fingerprint density at radius 1 is 1.41 bits per heavy atom. The molecule has 4 nitrogen and oxygen atoms in total. The van der Waals surface area contributed by atoms with Crippen molar-refractivity contribution in [1.29, 1.82) is 0 Å². The summed E-state index contributed by atoms with van der Waals surface area (Å²) in [5, 5.41) is 3.04. The van der Waals surface area contributed by atoms with Crippen molar-refractivity contribution in [1.82, 2.24) is 10.2 Å². The second kappa shape index (κ2) is 7.14. The Morgan fingerprint density at radius 2 is 2.32 bits per heavy atom. The molecule has 0 bridgehead atoms. The van der Waals surface area contributed by atoms with E-state index in [2.05, 4.69) is 17.1 Å². The van der Waals surface area contributed by atoms with Crippen molar-refractivity contribution in [3.05, 3.63) is 29.3 Å². The van der Waals surface area contributed by atoms with Gasteiger partial charge in [0.2, 0.25) is 0 Å². The molecule has 1 fully saturated rings. The molecule has 1 saturated heterocycles. The quantitative estimate of drug-likeness (QED) is 0.850. The van der Waals surface area contributed by atoms with Crippen molar-refractivity contribution < 1.29 is 9.53 Å². The molecule has 22 heavy (non-hydrogen) atoms. The summed E-state index contributed by atoms with van der Waals surface area (Å²) in [4.78, 5) is 14.7. The van der Waals surface area contributed by atoms with Crippen LogP contribution in [-0.4, -0.2) is 43.1 Å². The lowest BCUT2D eigenvalue weighted by Crippen LogP contribution is -2.39. The summed E-state index contributed by atoms with van der Waals surface area (Å²) in [5.41, 5.74) is 1.89. The zero-order valence-electron chi connectivity index (χ0n) is 13.4. The second-order valence-electron chi connectivity index (χ2n) is 6.41. The van der Waals surface area contributed by atoms with Gasteiger partial charge >= 0.3 is 0 Å². The standard InChI is InChI=1S/C18H26N2O2/c1-14-5-2-3-10-20(14)11-4-9-19-18(21)16-6-7-17-15(13-16)8-12-22-17/h6-7,13-14H,2-5,8-12H2,1H3,(H,19,21)/t14-/m0/s1. The van der Waals surface area contributed by atoms with E-state index in [4.69, 9.17) is 4.74 Å². The van der Waals surface area contributed by atoms with E-state index < -0.39 is 0 Å². The molecule has 2 heterocycles. The molecule has 0 aromatic heterocycles. The molecule has 2 aliphatic heterocycles. The maximum Gasteiger partial charge on any atom is 0.251 e. The first-order valence-corrected chi connectivity index (χ1v) is 8.52. The van der Waals surface area contributed by atoms with Crippen LogP contribution in [-0.2, 0) is 6.42 Å². The zero-order valence-corrected chi connectivity index (χ0v) is 13.4. The minimum atomic E-state index is 0.0291. The van der Waals surface area contributed by atoms with Crippen LogP contribution in [0.5, 0.6) is 5.75 Å². The van der Waals surface area contributed by atoms with Gasteiger partial charge in [-0.15, -0.1) is 0 Å². The summed E-state index contributed by atoms with van der Waals surface area (Å²) in [5.74, 6) is 0.956. The number of piperidine rings is 1. The third kappa shape index (κ3) is 3.61. The number of carbonyl (C=O) groups excluding carboxylic acids is 1. The first-order chi connectivity index (χ1) is 10.7. The van der Waals surface area contributed by atoms with E-state index >= 15 is 0 Å². The molecule has 1 aromatic carbocycles. The van der Waals surface area contributed by atoms with E-state index in [0.717, 1.165) is 49.4 Å². The van der Waals surface area contributed by atoms with Gasteiger partial charge in [0.15, 0.2) is 0 Å². The number of nitrogens with zero attached hydrogens (tertiary/aromatic N) is 1. The lowest BCUT2D eigenvalue weighted by Gasteiger charge is -2.33. The Hall–Kier alpha value is -1.55. The van der Waals surface area contributed by atoms with Gasteiger partial charge in [0, 0.05) is 31.1 Å². The number of amides is 1.